The highest BCUT2D eigenvalue weighted by molar-refractivity contribution is 6.30. The Labute approximate surface area is 106 Å². The number of nitrogens with zero attached hydrogens (tertiary/aromatic N) is 2. The van der Waals surface area contributed by atoms with E-state index in [-0.39, 0.29) is 11.9 Å². The first-order valence-corrected chi connectivity index (χ1v) is 5.96. The van der Waals surface area contributed by atoms with Gasteiger partial charge in [-0.1, -0.05) is 17.7 Å². The van der Waals surface area contributed by atoms with Gasteiger partial charge in [-0.05, 0) is 25.2 Å². The van der Waals surface area contributed by atoms with Crippen LogP contribution in [-0.4, -0.2) is 43.5 Å². The second-order valence-electron chi connectivity index (χ2n) is 4.29. The number of amides is 1. The van der Waals surface area contributed by atoms with Crippen molar-refractivity contribution in [1.29, 1.82) is 0 Å². The van der Waals surface area contributed by atoms with Crippen LogP contribution < -0.4 is 10.6 Å². The summed E-state index contributed by atoms with van der Waals surface area (Å²) in [5.74, 6) is 0.0828. The highest BCUT2D eigenvalue weighted by Gasteiger charge is 2.29. The number of piperazine rings is 1. The summed E-state index contributed by atoms with van der Waals surface area (Å²) in [5, 5.41) is 0.638. The molecule has 0 radical (unpaired) electrons. The van der Waals surface area contributed by atoms with E-state index in [0.29, 0.717) is 24.7 Å². The molecule has 92 valence electrons. The Bertz CT molecular complexity index is 424. The Morgan fingerprint density at radius 2 is 2.29 bits per heavy atom. The lowest BCUT2D eigenvalue weighted by atomic mass is 10.1. The summed E-state index contributed by atoms with van der Waals surface area (Å²) in [4.78, 5) is 15.7. The highest BCUT2D eigenvalue weighted by atomic mass is 35.5. The van der Waals surface area contributed by atoms with Crippen molar-refractivity contribution >= 4 is 23.2 Å². The molecule has 2 rings (SSSR count). The van der Waals surface area contributed by atoms with E-state index in [1.54, 1.807) is 17.0 Å². The molecule has 4 nitrogen and oxygen atoms in total. The van der Waals surface area contributed by atoms with E-state index in [1.807, 2.05) is 24.1 Å². The van der Waals surface area contributed by atoms with Crippen molar-refractivity contribution in [3.63, 3.8) is 0 Å². The SMILES string of the molecule is CN1CC(=O)N(c2cccc(Cl)c2)CC1CN. The normalized spacial score (nSPS) is 21.9. The maximum absolute atomic E-state index is 12.0. The first kappa shape index (κ1) is 12.4. The van der Waals surface area contributed by atoms with Gasteiger partial charge in [0, 0.05) is 29.8 Å². The standard InChI is InChI=1S/C12H16ClN3O/c1-15-8-12(17)16(7-11(15)6-14)10-4-2-3-9(13)5-10/h2-5,11H,6-8,14H2,1H3. The Hall–Kier alpha value is -1.10. The van der Waals surface area contributed by atoms with Gasteiger partial charge in [0.05, 0.1) is 6.54 Å². The molecule has 1 fully saturated rings. The molecular weight excluding hydrogens is 238 g/mol. The Kier molecular flexibility index (Phi) is 3.66. The molecule has 2 N–H and O–H groups in total. The van der Waals surface area contributed by atoms with Gasteiger partial charge in [-0.25, -0.2) is 0 Å². The van der Waals surface area contributed by atoms with Gasteiger partial charge in [0.2, 0.25) is 5.91 Å². The van der Waals surface area contributed by atoms with E-state index in [0.717, 1.165) is 5.69 Å². The van der Waals surface area contributed by atoms with Gasteiger partial charge in [0.15, 0.2) is 0 Å². The molecule has 0 spiro atoms. The third kappa shape index (κ3) is 2.60. The number of carbonyl (C=O) groups is 1. The van der Waals surface area contributed by atoms with Crippen LogP contribution in [0.3, 0.4) is 0 Å². The van der Waals surface area contributed by atoms with Crippen LogP contribution in [0.2, 0.25) is 5.02 Å². The Morgan fingerprint density at radius 3 is 2.94 bits per heavy atom. The molecule has 1 aliphatic heterocycles. The third-order valence-electron chi connectivity index (χ3n) is 3.09. The second kappa shape index (κ2) is 5.04. The highest BCUT2D eigenvalue weighted by Crippen LogP contribution is 2.22. The zero-order chi connectivity index (χ0) is 12.4. The van der Waals surface area contributed by atoms with Crippen molar-refractivity contribution in [3.05, 3.63) is 29.3 Å². The molecule has 0 bridgehead atoms. The monoisotopic (exact) mass is 253 g/mol. The molecule has 17 heavy (non-hydrogen) atoms. The van der Waals surface area contributed by atoms with Crippen LogP contribution in [0.1, 0.15) is 0 Å². The minimum atomic E-state index is 0.0828. The van der Waals surface area contributed by atoms with E-state index in [9.17, 15) is 4.79 Å². The zero-order valence-electron chi connectivity index (χ0n) is 9.77. The van der Waals surface area contributed by atoms with Crippen molar-refractivity contribution in [2.24, 2.45) is 5.73 Å². The summed E-state index contributed by atoms with van der Waals surface area (Å²) in [6.45, 7) is 1.56. The Balaban J connectivity index is 2.23. The van der Waals surface area contributed by atoms with Crippen molar-refractivity contribution in [3.8, 4) is 0 Å². The average molecular weight is 254 g/mol. The van der Waals surface area contributed by atoms with Gasteiger partial charge >= 0.3 is 0 Å². The number of halogens is 1. The molecule has 1 aliphatic rings. The quantitative estimate of drug-likeness (QED) is 0.854. The number of anilines is 1. The smallest absolute Gasteiger partial charge is 0.241 e. The van der Waals surface area contributed by atoms with Crippen LogP contribution in [0.5, 0.6) is 0 Å². The second-order valence-corrected chi connectivity index (χ2v) is 4.73. The number of hydrogen-bond acceptors (Lipinski definition) is 3. The summed E-state index contributed by atoms with van der Waals surface area (Å²) in [5.41, 5.74) is 6.55. The predicted octanol–water partition coefficient (Wildman–Crippen LogP) is 0.946. The van der Waals surface area contributed by atoms with Gasteiger partial charge in [-0.3, -0.25) is 9.69 Å². The molecule has 1 unspecified atom stereocenters. The van der Waals surface area contributed by atoms with Crippen LogP contribution in [0.15, 0.2) is 24.3 Å². The fourth-order valence-corrected chi connectivity index (χ4v) is 2.21. The molecule has 1 heterocycles. The first-order chi connectivity index (χ1) is 8.11. The molecule has 0 saturated carbocycles. The maximum atomic E-state index is 12.0. The summed E-state index contributed by atoms with van der Waals surface area (Å²) in [7, 11) is 1.92. The van der Waals surface area contributed by atoms with Crippen LogP contribution in [0.4, 0.5) is 5.69 Å². The molecule has 1 aromatic rings. The topological polar surface area (TPSA) is 49.6 Å². The summed E-state index contributed by atoms with van der Waals surface area (Å²) in [6, 6.07) is 7.54. The van der Waals surface area contributed by atoms with Crippen LogP contribution in [0, 0.1) is 0 Å². The van der Waals surface area contributed by atoms with Crippen molar-refractivity contribution in [2.45, 2.75) is 6.04 Å². The van der Waals surface area contributed by atoms with Crippen LogP contribution in [-0.2, 0) is 4.79 Å². The third-order valence-corrected chi connectivity index (χ3v) is 3.33. The van der Waals surface area contributed by atoms with Crippen molar-refractivity contribution in [1.82, 2.24) is 4.90 Å². The molecule has 1 atom stereocenters. The minimum Gasteiger partial charge on any atom is -0.329 e. The van der Waals surface area contributed by atoms with Crippen molar-refractivity contribution < 1.29 is 4.79 Å². The van der Waals surface area contributed by atoms with Crippen molar-refractivity contribution in [2.75, 3.05) is 31.6 Å². The largest absolute Gasteiger partial charge is 0.329 e. The number of benzene rings is 1. The Morgan fingerprint density at radius 1 is 1.53 bits per heavy atom. The predicted molar refractivity (Wildman–Crippen MR) is 69.3 cm³/mol. The number of rotatable bonds is 2. The molecule has 0 aromatic heterocycles. The van der Waals surface area contributed by atoms with Gasteiger partial charge in [0.1, 0.15) is 0 Å². The fraction of sp³-hybridized carbons (Fsp3) is 0.417. The van der Waals surface area contributed by atoms with Crippen LogP contribution >= 0.6 is 11.6 Å². The minimum absolute atomic E-state index is 0.0828. The molecule has 5 heteroatoms. The molecular formula is C12H16ClN3O. The summed E-state index contributed by atoms with van der Waals surface area (Å²) in [6.07, 6.45) is 0. The lowest BCUT2D eigenvalue weighted by Gasteiger charge is -2.38. The van der Waals surface area contributed by atoms with E-state index >= 15 is 0 Å². The lowest BCUT2D eigenvalue weighted by Crippen LogP contribution is -2.57. The van der Waals surface area contributed by atoms with Gasteiger partial charge in [0.25, 0.3) is 0 Å². The van der Waals surface area contributed by atoms with E-state index in [4.69, 9.17) is 17.3 Å². The van der Waals surface area contributed by atoms with Gasteiger partial charge < -0.3 is 10.6 Å². The number of likely N-dealkylation sites (N-methyl/N-ethyl adjacent to an activating group) is 1. The van der Waals surface area contributed by atoms with Gasteiger partial charge in [-0.2, -0.15) is 0 Å². The van der Waals surface area contributed by atoms with E-state index in [1.165, 1.54) is 0 Å². The molecule has 1 aromatic carbocycles. The average Bonchev–Trinajstić information content (AvgIpc) is 2.29. The molecule has 0 aliphatic carbocycles. The number of carbonyl (C=O) groups excluding carboxylic acids is 1. The fourth-order valence-electron chi connectivity index (χ4n) is 2.03. The van der Waals surface area contributed by atoms with E-state index < -0.39 is 0 Å². The van der Waals surface area contributed by atoms with E-state index in [2.05, 4.69) is 0 Å². The number of hydrogen-bond donors (Lipinski definition) is 1. The number of nitrogens with two attached hydrogens (primary N) is 1. The lowest BCUT2D eigenvalue weighted by molar-refractivity contribution is -0.121. The molecule has 1 saturated heterocycles. The first-order valence-electron chi connectivity index (χ1n) is 5.58. The summed E-state index contributed by atoms with van der Waals surface area (Å²) >= 11 is 5.94. The maximum Gasteiger partial charge on any atom is 0.241 e. The zero-order valence-corrected chi connectivity index (χ0v) is 10.5. The molecule has 1 amide bonds. The van der Waals surface area contributed by atoms with Gasteiger partial charge in [-0.15, -0.1) is 0 Å². The van der Waals surface area contributed by atoms with Crippen LogP contribution in [0.25, 0.3) is 0 Å². The summed E-state index contributed by atoms with van der Waals surface area (Å²) < 4.78 is 0.